The minimum Gasteiger partial charge on any atom is -0.353 e. The predicted molar refractivity (Wildman–Crippen MR) is 130 cm³/mol. The maximum absolute atomic E-state index is 12.7. The number of thioether (sulfide) groups is 1. The van der Waals surface area contributed by atoms with E-state index in [2.05, 4.69) is 21.8 Å². The van der Waals surface area contributed by atoms with Crippen molar-refractivity contribution in [3.63, 3.8) is 0 Å². The number of nitrogens with zero attached hydrogens (tertiary/aromatic N) is 4. The molecule has 0 atom stereocenters. The lowest BCUT2D eigenvalue weighted by molar-refractivity contribution is -0.130. The van der Waals surface area contributed by atoms with Gasteiger partial charge in [-0.05, 0) is 24.1 Å². The van der Waals surface area contributed by atoms with Crippen LogP contribution < -0.4 is 4.90 Å². The van der Waals surface area contributed by atoms with E-state index in [1.807, 2.05) is 52.7 Å². The number of Topliss-reactive ketones (excluding diaryl/α,β-unsaturated/α-hetero) is 1. The Labute approximate surface area is 196 Å². The monoisotopic (exact) mass is 466 g/mol. The zero-order valence-corrected chi connectivity index (χ0v) is 19.7. The standard InChI is InChI=1S/C24H26N4O2S2/c1-2-18-6-8-19(9-7-18)21(29)17-32-24-26-20(16-31-24)15-23(30)28-13-11-27(12-14-28)22-5-3-4-10-25-22/h3-10,16H,2,11-15,17H2,1H3. The number of pyridine rings is 1. The number of hydrogen-bond donors (Lipinski definition) is 0. The SMILES string of the molecule is CCc1ccc(C(=O)CSc2nc(CC(=O)N3CCN(c4ccccn4)CC3)cs2)cc1. The van der Waals surface area contributed by atoms with Crippen molar-refractivity contribution in [3.8, 4) is 0 Å². The topological polar surface area (TPSA) is 66.4 Å². The number of aryl methyl sites for hydroxylation is 1. The highest BCUT2D eigenvalue weighted by Gasteiger charge is 2.22. The van der Waals surface area contributed by atoms with Crippen LogP contribution in [-0.4, -0.2) is 58.5 Å². The molecule has 0 saturated carbocycles. The van der Waals surface area contributed by atoms with Gasteiger partial charge in [0.1, 0.15) is 5.82 Å². The summed E-state index contributed by atoms with van der Waals surface area (Å²) in [7, 11) is 0. The van der Waals surface area contributed by atoms with E-state index in [4.69, 9.17) is 0 Å². The Bertz CT molecular complexity index is 1050. The highest BCUT2D eigenvalue weighted by atomic mass is 32.2. The molecule has 4 rings (SSSR count). The summed E-state index contributed by atoms with van der Waals surface area (Å²) in [4.78, 5) is 38.2. The average Bonchev–Trinajstić information content (AvgIpc) is 3.30. The van der Waals surface area contributed by atoms with Crippen molar-refractivity contribution in [2.75, 3.05) is 36.8 Å². The molecule has 1 aliphatic heterocycles. The largest absolute Gasteiger partial charge is 0.353 e. The van der Waals surface area contributed by atoms with Gasteiger partial charge in [0.2, 0.25) is 5.91 Å². The van der Waals surface area contributed by atoms with Crippen LogP contribution in [-0.2, 0) is 17.6 Å². The summed E-state index contributed by atoms with van der Waals surface area (Å²) in [6.45, 7) is 5.03. The second kappa shape index (κ2) is 10.7. The van der Waals surface area contributed by atoms with E-state index in [-0.39, 0.29) is 11.7 Å². The van der Waals surface area contributed by atoms with Crippen LogP contribution in [0.2, 0.25) is 0 Å². The third-order valence-electron chi connectivity index (χ3n) is 5.48. The van der Waals surface area contributed by atoms with E-state index < -0.39 is 0 Å². The summed E-state index contributed by atoms with van der Waals surface area (Å²) in [5.41, 5.74) is 2.72. The second-order valence-electron chi connectivity index (χ2n) is 7.60. The molecule has 1 saturated heterocycles. The van der Waals surface area contributed by atoms with Crippen molar-refractivity contribution in [1.29, 1.82) is 0 Å². The number of benzene rings is 1. The fourth-order valence-corrected chi connectivity index (χ4v) is 5.30. The molecule has 3 heterocycles. The minimum absolute atomic E-state index is 0.0938. The number of anilines is 1. The lowest BCUT2D eigenvalue weighted by atomic mass is 10.1. The number of carbonyl (C=O) groups excluding carboxylic acids is 2. The summed E-state index contributed by atoms with van der Waals surface area (Å²) >= 11 is 2.93. The van der Waals surface area contributed by atoms with Crippen LogP contribution in [0.3, 0.4) is 0 Å². The van der Waals surface area contributed by atoms with Gasteiger partial charge in [0, 0.05) is 43.3 Å². The molecule has 1 aliphatic rings. The number of ketones is 1. The Morgan fingerprint density at radius 1 is 1.06 bits per heavy atom. The molecule has 32 heavy (non-hydrogen) atoms. The average molecular weight is 467 g/mol. The van der Waals surface area contributed by atoms with Crippen LogP contribution in [0.15, 0.2) is 58.4 Å². The van der Waals surface area contributed by atoms with Crippen LogP contribution in [0.5, 0.6) is 0 Å². The van der Waals surface area contributed by atoms with Crippen molar-refractivity contribution in [2.24, 2.45) is 0 Å². The quantitative estimate of drug-likeness (QED) is 0.370. The molecular weight excluding hydrogens is 440 g/mol. The van der Waals surface area contributed by atoms with Gasteiger partial charge in [-0.25, -0.2) is 9.97 Å². The van der Waals surface area contributed by atoms with Crippen LogP contribution in [0.4, 0.5) is 5.82 Å². The summed E-state index contributed by atoms with van der Waals surface area (Å²) in [6, 6.07) is 13.7. The van der Waals surface area contributed by atoms with Gasteiger partial charge in [-0.3, -0.25) is 9.59 Å². The fourth-order valence-electron chi connectivity index (χ4n) is 3.57. The van der Waals surface area contributed by atoms with Crippen molar-refractivity contribution in [1.82, 2.24) is 14.9 Å². The van der Waals surface area contributed by atoms with E-state index in [0.29, 0.717) is 25.3 Å². The number of hydrogen-bond acceptors (Lipinski definition) is 7. The third kappa shape index (κ3) is 5.75. The molecule has 8 heteroatoms. The van der Waals surface area contributed by atoms with Crippen LogP contribution in [0.1, 0.15) is 28.5 Å². The number of amides is 1. The number of rotatable bonds is 8. The number of aromatic nitrogens is 2. The van der Waals surface area contributed by atoms with E-state index in [9.17, 15) is 9.59 Å². The van der Waals surface area contributed by atoms with E-state index >= 15 is 0 Å². The molecule has 0 bridgehead atoms. The fraction of sp³-hybridized carbons (Fsp3) is 0.333. The lowest BCUT2D eigenvalue weighted by Gasteiger charge is -2.35. The normalized spacial score (nSPS) is 13.9. The van der Waals surface area contributed by atoms with Gasteiger partial charge in [-0.1, -0.05) is 49.0 Å². The molecule has 1 aromatic carbocycles. The van der Waals surface area contributed by atoms with Gasteiger partial charge in [-0.2, -0.15) is 0 Å². The van der Waals surface area contributed by atoms with Gasteiger partial charge in [0.25, 0.3) is 0 Å². The molecule has 0 radical (unpaired) electrons. The summed E-state index contributed by atoms with van der Waals surface area (Å²) < 4.78 is 0.825. The van der Waals surface area contributed by atoms with Crippen molar-refractivity contribution in [2.45, 2.75) is 24.1 Å². The summed E-state index contributed by atoms with van der Waals surface area (Å²) in [5.74, 6) is 1.49. The first-order valence-electron chi connectivity index (χ1n) is 10.8. The molecule has 1 amide bonds. The van der Waals surface area contributed by atoms with Crippen LogP contribution >= 0.6 is 23.1 Å². The number of thiazole rings is 1. The maximum atomic E-state index is 12.7. The number of piperazine rings is 1. The van der Waals surface area contributed by atoms with Crippen LogP contribution in [0, 0.1) is 0 Å². The van der Waals surface area contributed by atoms with Gasteiger partial charge < -0.3 is 9.80 Å². The molecular formula is C24H26N4O2S2. The van der Waals surface area contributed by atoms with Crippen molar-refractivity contribution < 1.29 is 9.59 Å². The minimum atomic E-state index is 0.0938. The van der Waals surface area contributed by atoms with Gasteiger partial charge in [0.15, 0.2) is 10.1 Å². The van der Waals surface area contributed by atoms with Crippen molar-refractivity contribution in [3.05, 3.63) is 70.9 Å². The first kappa shape index (κ1) is 22.5. The molecule has 6 nitrogen and oxygen atoms in total. The second-order valence-corrected chi connectivity index (χ2v) is 9.68. The van der Waals surface area contributed by atoms with Gasteiger partial charge in [-0.15, -0.1) is 11.3 Å². The Hall–Kier alpha value is -2.71. The Kier molecular flexibility index (Phi) is 7.55. The molecule has 0 spiro atoms. The smallest absolute Gasteiger partial charge is 0.228 e. The summed E-state index contributed by atoms with van der Waals surface area (Å²) in [6.07, 6.45) is 3.05. The van der Waals surface area contributed by atoms with Crippen LogP contribution in [0.25, 0.3) is 0 Å². The predicted octanol–water partition coefficient (Wildman–Crippen LogP) is 3.97. The Morgan fingerprint density at radius 3 is 2.53 bits per heavy atom. The highest BCUT2D eigenvalue weighted by Crippen LogP contribution is 2.24. The molecule has 166 valence electrons. The molecule has 1 fully saturated rings. The highest BCUT2D eigenvalue weighted by molar-refractivity contribution is 8.01. The molecule has 0 aliphatic carbocycles. The van der Waals surface area contributed by atoms with Crippen molar-refractivity contribution >= 4 is 40.6 Å². The zero-order valence-electron chi connectivity index (χ0n) is 18.1. The molecule has 2 aromatic heterocycles. The van der Waals surface area contributed by atoms with E-state index in [1.165, 1.54) is 28.7 Å². The molecule has 3 aromatic rings. The molecule has 0 unspecified atom stereocenters. The third-order valence-corrected chi connectivity index (χ3v) is 7.55. The van der Waals surface area contributed by atoms with Gasteiger partial charge in [0.05, 0.1) is 17.9 Å². The molecule has 0 N–H and O–H groups in total. The van der Waals surface area contributed by atoms with E-state index in [0.717, 1.165) is 40.9 Å². The Morgan fingerprint density at radius 2 is 1.84 bits per heavy atom. The zero-order chi connectivity index (χ0) is 22.3. The maximum Gasteiger partial charge on any atom is 0.228 e. The van der Waals surface area contributed by atoms with Gasteiger partial charge >= 0.3 is 0 Å². The first-order chi connectivity index (χ1) is 15.6. The Balaban J connectivity index is 1.24. The first-order valence-corrected chi connectivity index (χ1v) is 12.6. The number of carbonyl (C=O) groups is 2. The van der Waals surface area contributed by atoms with E-state index in [1.54, 1.807) is 6.20 Å². The lowest BCUT2D eigenvalue weighted by Crippen LogP contribution is -2.49. The summed E-state index contributed by atoms with van der Waals surface area (Å²) in [5, 5.41) is 1.92.